The summed E-state index contributed by atoms with van der Waals surface area (Å²) in [5.41, 5.74) is 0. The Balaban J connectivity index is 1.61. The SMILES string of the molecule is Cc1ccc(CN(C)C(=O)CN2CCC[C@H]2c2noc(C(C)C)n2)o1. The first-order valence-corrected chi connectivity index (χ1v) is 8.81. The second-order valence-electron chi connectivity index (χ2n) is 7.04. The monoisotopic (exact) mass is 346 g/mol. The zero-order valence-electron chi connectivity index (χ0n) is 15.4. The quantitative estimate of drug-likeness (QED) is 0.800. The summed E-state index contributed by atoms with van der Waals surface area (Å²) in [6.45, 7) is 7.65. The van der Waals surface area contributed by atoms with Gasteiger partial charge < -0.3 is 13.8 Å². The van der Waals surface area contributed by atoms with Crippen molar-refractivity contribution in [2.75, 3.05) is 20.1 Å². The van der Waals surface area contributed by atoms with E-state index < -0.39 is 0 Å². The number of likely N-dealkylation sites (tertiary alicyclic amines) is 1. The highest BCUT2D eigenvalue weighted by Crippen LogP contribution is 2.30. The molecule has 136 valence electrons. The van der Waals surface area contributed by atoms with Crippen molar-refractivity contribution in [2.45, 2.75) is 52.1 Å². The lowest BCUT2D eigenvalue weighted by Crippen LogP contribution is -2.38. The first-order chi connectivity index (χ1) is 11.9. The predicted molar refractivity (Wildman–Crippen MR) is 91.9 cm³/mol. The molecule has 7 nitrogen and oxygen atoms in total. The molecule has 7 heteroatoms. The van der Waals surface area contributed by atoms with Gasteiger partial charge in [0.1, 0.15) is 11.5 Å². The molecule has 0 N–H and O–H groups in total. The molecule has 0 spiro atoms. The molecular formula is C18H26N4O3. The fourth-order valence-electron chi connectivity index (χ4n) is 3.11. The fourth-order valence-corrected chi connectivity index (χ4v) is 3.11. The highest BCUT2D eigenvalue weighted by molar-refractivity contribution is 5.78. The summed E-state index contributed by atoms with van der Waals surface area (Å²) < 4.78 is 10.9. The Morgan fingerprint density at radius 1 is 1.44 bits per heavy atom. The van der Waals surface area contributed by atoms with E-state index in [1.165, 1.54) is 0 Å². The van der Waals surface area contributed by atoms with Gasteiger partial charge in [0.15, 0.2) is 5.82 Å². The lowest BCUT2D eigenvalue weighted by atomic mass is 10.2. The maximum absolute atomic E-state index is 12.6. The molecule has 2 aromatic rings. The van der Waals surface area contributed by atoms with Crippen LogP contribution in [0.4, 0.5) is 0 Å². The molecule has 25 heavy (non-hydrogen) atoms. The number of nitrogens with zero attached hydrogens (tertiary/aromatic N) is 4. The molecule has 1 amide bonds. The molecule has 0 saturated carbocycles. The Morgan fingerprint density at radius 2 is 2.24 bits per heavy atom. The van der Waals surface area contributed by atoms with Crippen LogP contribution in [0, 0.1) is 6.92 Å². The lowest BCUT2D eigenvalue weighted by Gasteiger charge is -2.24. The number of aryl methyl sites for hydroxylation is 1. The van der Waals surface area contributed by atoms with E-state index in [-0.39, 0.29) is 17.9 Å². The van der Waals surface area contributed by atoms with Gasteiger partial charge >= 0.3 is 0 Å². The number of hydrogen-bond acceptors (Lipinski definition) is 6. The largest absolute Gasteiger partial charge is 0.464 e. The average molecular weight is 346 g/mol. The van der Waals surface area contributed by atoms with E-state index in [9.17, 15) is 4.79 Å². The Labute approximate surface area is 148 Å². The van der Waals surface area contributed by atoms with Crippen LogP contribution >= 0.6 is 0 Å². The molecule has 1 fully saturated rings. The zero-order chi connectivity index (χ0) is 18.0. The Morgan fingerprint density at radius 3 is 2.88 bits per heavy atom. The number of carbonyl (C=O) groups excluding carboxylic acids is 1. The first kappa shape index (κ1) is 17.7. The van der Waals surface area contributed by atoms with Gasteiger partial charge in [-0.05, 0) is 38.4 Å². The number of aromatic nitrogens is 2. The Hall–Kier alpha value is -2.15. The molecule has 0 aromatic carbocycles. The van der Waals surface area contributed by atoms with Crippen LogP contribution in [-0.4, -0.2) is 46.0 Å². The maximum Gasteiger partial charge on any atom is 0.236 e. The van der Waals surface area contributed by atoms with E-state index in [1.54, 1.807) is 11.9 Å². The number of furan rings is 1. The van der Waals surface area contributed by atoms with E-state index in [4.69, 9.17) is 8.94 Å². The van der Waals surface area contributed by atoms with Crippen LogP contribution < -0.4 is 0 Å². The van der Waals surface area contributed by atoms with Crippen LogP contribution in [0.5, 0.6) is 0 Å². The summed E-state index contributed by atoms with van der Waals surface area (Å²) in [7, 11) is 1.80. The summed E-state index contributed by atoms with van der Waals surface area (Å²) in [6.07, 6.45) is 1.98. The molecule has 3 heterocycles. The minimum Gasteiger partial charge on any atom is -0.464 e. The molecule has 0 aliphatic carbocycles. The van der Waals surface area contributed by atoms with Crippen LogP contribution in [0.3, 0.4) is 0 Å². The summed E-state index contributed by atoms with van der Waals surface area (Å²) in [5.74, 6) is 3.27. The zero-order valence-corrected chi connectivity index (χ0v) is 15.4. The van der Waals surface area contributed by atoms with Crippen LogP contribution in [0.1, 0.15) is 61.9 Å². The topological polar surface area (TPSA) is 75.6 Å². The van der Waals surface area contributed by atoms with Gasteiger partial charge in [-0.2, -0.15) is 4.98 Å². The number of carbonyl (C=O) groups is 1. The first-order valence-electron chi connectivity index (χ1n) is 8.81. The van der Waals surface area contributed by atoms with Gasteiger partial charge in [-0.3, -0.25) is 9.69 Å². The van der Waals surface area contributed by atoms with E-state index in [0.29, 0.717) is 24.8 Å². The van der Waals surface area contributed by atoms with Gasteiger partial charge in [0.2, 0.25) is 11.8 Å². The molecule has 2 aromatic heterocycles. The third-order valence-corrected chi connectivity index (χ3v) is 4.57. The van der Waals surface area contributed by atoms with E-state index in [1.807, 2.05) is 32.9 Å². The number of likely N-dealkylation sites (N-methyl/N-ethyl adjacent to an activating group) is 1. The second-order valence-corrected chi connectivity index (χ2v) is 7.04. The number of rotatable bonds is 6. The van der Waals surface area contributed by atoms with Crippen molar-refractivity contribution in [3.05, 3.63) is 35.4 Å². The molecule has 0 bridgehead atoms. The predicted octanol–water partition coefficient (Wildman–Crippen LogP) is 2.89. The third-order valence-electron chi connectivity index (χ3n) is 4.57. The van der Waals surface area contributed by atoms with Crippen LogP contribution in [-0.2, 0) is 11.3 Å². The lowest BCUT2D eigenvalue weighted by molar-refractivity contribution is -0.132. The molecule has 1 aliphatic heterocycles. The molecule has 0 unspecified atom stereocenters. The molecule has 3 rings (SSSR count). The Kier molecular flexibility index (Phi) is 5.22. The molecule has 1 atom stereocenters. The minimum absolute atomic E-state index is 0.0551. The summed E-state index contributed by atoms with van der Waals surface area (Å²) in [5, 5.41) is 4.12. The van der Waals surface area contributed by atoms with Crippen LogP contribution in [0.15, 0.2) is 21.1 Å². The van der Waals surface area contributed by atoms with Crippen molar-refractivity contribution >= 4 is 5.91 Å². The third kappa shape index (κ3) is 4.10. The minimum atomic E-state index is 0.0551. The Bertz CT molecular complexity index is 721. The summed E-state index contributed by atoms with van der Waals surface area (Å²) in [6, 6.07) is 3.87. The molecule has 0 radical (unpaired) electrons. The second kappa shape index (κ2) is 7.39. The van der Waals surface area contributed by atoms with Crippen LogP contribution in [0.2, 0.25) is 0 Å². The van der Waals surface area contributed by atoms with Gasteiger partial charge in [0, 0.05) is 13.0 Å². The van der Waals surface area contributed by atoms with E-state index >= 15 is 0 Å². The highest BCUT2D eigenvalue weighted by atomic mass is 16.5. The smallest absolute Gasteiger partial charge is 0.236 e. The van der Waals surface area contributed by atoms with Crippen molar-refractivity contribution in [3.8, 4) is 0 Å². The normalized spacial score (nSPS) is 18.2. The average Bonchev–Trinajstić information content (AvgIpc) is 3.27. The van der Waals surface area contributed by atoms with Gasteiger partial charge in [-0.25, -0.2) is 0 Å². The van der Waals surface area contributed by atoms with Crippen molar-refractivity contribution in [1.29, 1.82) is 0 Å². The van der Waals surface area contributed by atoms with Crippen molar-refractivity contribution in [3.63, 3.8) is 0 Å². The van der Waals surface area contributed by atoms with Gasteiger partial charge in [-0.15, -0.1) is 0 Å². The van der Waals surface area contributed by atoms with Crippen LogP contribution in [0.25, 0.3) is 0 Å². The van der Waals surface area contributed by atoms with Gasteiger partial charge in [0.05, 0.1) is 19.1 Å². The van der Waals surface area contributed by atoms with Gasteiger partial charge in [0.25, 0.3) is 0 Å². The molecule has 1 saturated heterocycles. The van der Waals surface area contributed by atoms with Crippen molar-refractivity contribution in [1.82, 2.24) is 19.9 Å². The summed E-state index contributed by atoms with van der Waals surface area (Å²) >= 11 is 0. The molecule has 1 aliphatic rings. The van der Waals surface area contributed by atoms with Crippen molar-refractivity contribution in [2.24, 2.45) is 0 Å². The fraction of sp³-hybridized carbons (Fsp3) is 0.611. The standard InChI is InChI=1S/C18H26N4O3/c1-12(2)18-19-17(20-25-18)15-6-5-9-22(15)11-16(23)21(4)10-14-8-7-13(3)24-14/h7-8,12,15H,5-6,9-11H2,1-4H3/t15-/m0/s1. The number of hydrogen-bond donors (Lipinski definition) is 0. The van der Waals surface area contributed by atoms with Gasteiger partial charge in [-0.1, -0.05) is 19.0 Å². The van der Waals surface area contributed by atoms with Crippen molar-refractivity contribution < 1.29 is 13.7 Å². The maximum atomic E-state index is 12.6. The molecular weight excluding hydrogens is 320 g/mol. The van der Waals surface area contributed by atoms with E-state index in [0.717, 1.165) is 30.9 Å². The summed E-state index contributed by atoms with van der Waals surface area (Å²) in [4.78, 5) is 20.9. The van der Waals surface area contributed by atoms with E-state index in [2.05, 4.69) is 15.0 Å². The number of amides is 1. The highest BCUT2D eigenvalue weighted by Gasteiger charge is 2.32.